The monoisotopic (exact) mass is 204 g/mol. The number of pyridine rings is 1. The van der Waals surface area contributed by atoms with E-state index in [4.69, 9.17) is 15.6 Å². The van der Waals surface area contributed by atoms with Crippen LogP contribution in [0, 0.1) is 0 Å². The number of aliphatic hydroxyl groups is 1. The molecule has 0 bridgehead atoms. The molecule has 0 aromatic carbocycles. The van der Waals surface area contributed by atoms with Crippen molar-refractivity contribution in [3.8, 4) is 5.75 Å². The minimum atomic E-state index is -2.75. The molecule has 1 heterocycles. The van der Waals surface area contributed by atoms with E-state index in [1.165, 1.54) is 7.11 Å². The molecule has 0 atom stereocenters. The fraction of sp³-hybridized carbons (Fsp3) is 0.375. The van der Waals surface area contributed by atoms with E-state index in [0.717, 1.165) is 6.20 Å². The first-order valence-electron chi connectivity index (χ1n) is 3.82. The van der Waals surface area contributed by atoms with Gasteiger partial charge in [-0.3, -0.25) is 4.98 Å². The molecule has 78 valence electrons. The van der Waals surface area contributed by atoms with Crippen LogP contribution < -0.4 is 10.5 Å². The van der Waals surface area contributed by atoms with Crippen LogP contribution in [0.4, 0.5) is 14.5 Å². The Balaban J connectivity index is 3.28. The third-order valence-corrected chi connectivity index (χ3v) is 1.76. The van der Waals surface area contributed by atoms with Gasteiger partial charge in [0.25, 0.3) is 6.43 Å². The number of hydrogen-bond acceptors (Lipinski definition) is 4. The summed E-state index contributed by atoms with van der Waals surface area (Å²) in [7, 11) is 1.22. The zero-order valence-corrected chi connectivity index (χ0v) is 7.50. The van der Waals surface area contributed by atoms with Crippen molar-refractivity contribution in [2.75, 3.05) is 12.8 Å². The SMILES string of the molecule is COc1c(C(F)F)ncc(CO)c1N. The summed E-state index contributed by atoms with van der Waals surface area (Å²) in [5, 5.41) is 8.80. The number of rotatable bonds is 3. The molecule has 1 aromatic rings. The number of alkyl halides is 2. The molecule has 0 aliphatic heterocycles. The molecule has 3 N–H and O–H groups in total. The van der Waals surface area contributed by atoms with E-state index >= 15 is 0 Å². The second-order valence-electron chi connectivity index (χ2n) is 2.57. The summed E-state index contributed by atoms with van der Waals surface area (Å²) in [6.45, 7) is -0.362. The first kappa shape index (κ1) is 10.6. The summed E-state index contributed by atoms with van der Waals surface area (Å²) >= 11 is 0. The van der Waals surface area contributed by atoms with Crippen LogP contribution in [0.5, 0.6) is 5.75 Å². The zero-order valence-electron chi connectivity index (χ0n) is 7.50. The Morgan fingerprint density at radius 1 is 1.64 bits per heavy atom. The number of nitrogens with two attached hydrogens (primary N) is 1. The minimum absolute atomic E-state index is 0.000278. The Morgan fingerprint density at radius 2 is 2.29 bits per heavy atom. The molecule has 4 nitrogen and oxygen atoms in total. The van der Waals surface area contributed by atoms with Crippen LogP contribution >= 0.6 is 0 Å². The molecule has 14 heavy (non-hydrogen) atoms. The molecular weight excluding hydrogens is 194 g/mol. The lowest BCUT2D eigenvalue weighted by Crippen LogP contribution is -2.04. The van der Waals surface area contributed by atoms with Gasteiger partial charge in [0.15, 0.2) is 11.4 Å². The molecule has 0 saturated heterocycles. The Kier molecular flexibility index (Phi) is 3.19. The topological polar surface area (TPSA) is 68.4 Å². The highest BCUT2D eigenvalue weighted by Gasteiger charge is 2.19. The number of aromatic nitrogens is 1. The van der Waals surface area contributed by atoms with Crippen molar-refractivity contribution in [2.45, 2.75) is 13.0 Å². The molecule has 0 saturated carbocycles. The number of aliphatic hydroxyl groups excluding tert-OH is 1. The van der Waals surface area contributed by atoms with Gasteiger partial charge >= 0.3 is 0 Å². The fourth-order valence-corrected chi connectivity index (χ4v) is 1.06. The van der Waals surface area contributed by atoms with Crippen molar-refractivity contribution >= 4 is 5.69 Å². The third-order valence-electron chi connectivity index (χ3n) is 1.76. The standard InChI is InChI=1S/C8H10F2N2O2/c1-14-7-5(11)4(3-13)2-12-6(7)8(9)10/h2,8,13H,3H2,1H3,(H2,11,12). The molecule has 1 rings (SSSR count). The second-order valence-corrected chi connectivity index (χ2v) is 2.57. The molecule has 0 spiro atoms. The lowest BCUT2D eigenvalue weighted by Gasteiger charge is -2.11. The predicted octanol–water partition coefficient (Wildman–Crippen LogP) is 1.10. The van der Waals surface area contributed by atoms with Gasteiger partial charge in [-0.2, -0.15) is 0 Å². The van der Waals surface area contributed by atoms with E-state index in [2.05, 4.69) is 4.98 Å². The molecule has 0 fully saturated rings. The van der Waals surface area contributed by atoms with Gasteiger partial charge in [-0.25, -0.2) is 8.78 Å². The number of nitrogens with zero attached hydrogens (tertiary/aromatic N) is 1. The molecule has 1 aromatic heterocycles. The van der Waals surface area contributed by atoms with E-state index in [1.807, 2.05) is 0 Å². The van der Waals surface area contributed by atoms with Crippen LogP contribution in [-0.2, 0) is 6.61 Å². The Bertz CT molecular complexity index is 331. The summed E-state index contributed by atoms with van der Waals surface area (Å²) in [5.41, 5.74) is 5.24. The van der Waals surface area contributed by atoms with Gasteiger partial charge in [-0.1, -0.05) is 0 Å². The van der Waals surface area contributed by atoms with Gasteiger partial charge in [-0.15, -0.1) is 0 Å². The van der Waals surface area contributed by atoms with Crippen molar-refractivity contribution in [1.29, 1.82) is 0 Å². The highest BCUT2D eigenvalue weighted by molar-refractivity contribution is 5.59. The highest BCUT2D eigenvalue weighted by atomic mass is 19.3. The van der Waals surface area contributed by atoms with Crippen molar-refractivity contribution in [3.05, 3.63) is 17.5 Å². The average molecular weight is 204 g/mol. The van der Waals surface area contributed by atoms with Gasteiger partial charge in [0.05, 0.1) is 19.4 Å². The average Bonchev–Trinajstić information content (AvgIpc) is 2.17. The Hall–Kier alpha value is -1.43. The maximum atomic E-state index is 12.4. The maximum absolute atomic E-state index is 12.4. The quantitative estimate of drug-likeness (QED) is 0.773. The van der Waals surface area contributed by atoms with Crippen LogP contribution in [0.1, 0.15) is 17.7 Å². The summed E-state index contributed by atoms with van der Waals surface area (Å²) < 4.78 is 29.4. The highest BCUT2D eigenvalue weighted by Crippen LogP contribution is 2.33. The second kappa shape index (κ2) is 4.19. The molecule has 0 aliphatic rings. The van der Waals surface area contributed by atoms with Gasteiger partial charge in [-0.05, 0) is 0 Å². The first-order chi connectivity index (χ1) is 6.61. The van der Waals surface area contributed by atoms with Crippen LogP contribution in [0.3, 0.4) is 0 Å². The smallest absolute Gasteiger partial charge is 0.284 e. The van der Waals surface area contributed by atoms with Crippen molar-refractivity contribution in [3.63, 3.8) is 0 Å². The number of anilines is 1. The number of methoxy groups -OCH3 is 1. The van der Waals surface area contributed by atoms with Crippen LogP contribution in [0.15, 0.2) is 6.20 Å². The van der Waals surface area contributed by atoms with Gasteiger partial charge < -0.3 is 15.6 Å². The van der Waals surface area contributed by atoms with E-state index in [9.17, 15) is 8.78 Å². The third kappa shape index (κ3) is 1.74. The lowest BCUT2D eigenvalue weighted by atomic mass is 10.2. The summed E-state index contributed by atoms with van der Waals surface area (Å²) in [4.78, 5) is 3.47. The molecule has 0 radical (unpaired) electrons. The number of ether oxygens (including phenoxy) is 1. The summed E-state index contributed by atoms with van der Waals surface area (Å²) in [6, 6.07) is 0. The fourth-order valence-electron chi connectivity index (χ4n) is 1.06. The predicted molar refractivity (Wildman–Crippen MR) is 46.1 cm³/mol. The van der Waals surface area contributed by atoms with E-state index in [-0.39, 0.29) is 23.6 Å². The van der Waals surface area contributed by atoms with Gasteiger partial charge in [0.1, 0.15) is 0 Å². The molecule has 0 amide bonds. The number of halogens is 2. The summed E-state index contributed by atoms with van der Waals surface area (Å²) in [5.74, 6) is -0.174. The Morgan fingerprint density at radius 3 is 2.71 bits per heavy atom. The normalized spacial score (nSPS) is 10.6. The number of hydrogen-bond donors (Lipinski definition) is 2. The maximum Gasteiger partial charge on any atom is 0.284 e. The largest absolute Gasteiger partial charge is 0.492 e. The van der Waals surface area contributed by atoms with Crippen molar-refractivity contribution in [2.24, 2.45) is 0 Å². The molecular formula is C8H10F2N2O2. The summed E-state index contributed by atoms with van der Waals surface area (Å²) in [6.07, 6.45) is -1.64. The number of nitrogen functional groups attached to an aromatic ring is 1. The minimum Gasteiger partial charge on any atom is -0.492 e. The van der Waals surface area contributed by atoms with Crippen molar-refractivity contribution in [1.82, 2.24) is 4.98 Å². The Labute approximate surface area is 79.3 Å². The van der Waals surface area contributed by atoms with Gasteiger partial charge in [0.2, 0.25) is 0 Å². The molecule has 0 unspecified atom stereocenters. The van der Waals surface area contributed by atoms with Crippen LogP contribution in [0.25, 0.3) is 0 Å². The van der Waals surface area contributed by atoms with E-state index in [0.29, 0.717) is 0 Å². The van der Waals surface area contributed by atoms with Crippen LogP contribution in [-0.4, -0.2) is 17.2 Å². The first-order valence-corrected chi connectivity index (χ1v) is 3.82. The van der Waals surface area contributed by atoms with E-state index < -0.39 is 12.1 Å². The van der Waals surface area contributed by atoms with Gasteiger partial charge in [0, 0.05) is 11.8 Å². The zero-order chi connectivity index (χ0) is 10.7. The molecule has 0 aliphatic carbocycles. The lowest BCUT2D eigenvalue weighted by molar-refractivity contribution is 0.141. The van der Waals surface area contributed by atoms with Crippen LogP contribution in [0.2, 0.25) is 0 Å². The van der Waals surface area contributed by atoms with Crippen molar-refractivity contribution < 1.29 is 18.6 Å². The van der Waals surface area contributed by atoms with E-state index in [1.54, 1.807) is 0 Å². The molecule has 6 heteroatoms.